The maximum Gasteiger partial charge on any atom is 0.320 e. The fourth-order valence-corrected chi connectivity index (χ4v) is 0.905. The van der Waals surface area contributed by atoms with Crippen molar-refractivity contribution in [3.05, 3.63) is 0 Å². The highest BCUT2D eigenvalue weighted by atomic mass is 16.4. The number of hydrogen-bond donors (Lipinski definition) is 3. The normalized spacial score (nSPS) is 34.8. The molecule has 3 N–H and O–H groups in total. The molecule has 0 amide bonds. The van der Waals surface area contributed by atoms with E-state index >= 15 is 0 Å². The number of aliphatic hydroxyl groups excluding tert-OH is 1. The fourth-order valence-electron chi connectivity index (χ4n) is 0.905. The Balaban J connectivity index is 2.39. The molecule has 1 heterocycles. The molecule has 1 aliphatic heterocycles. The second-order valence-corrected chi connectivity index (χ2v) is 2.19. The van der Waals surface area contributed by atoms with Crippen molar-refractivity contribution in [3.8, 4) is 0 Å². The average molecular weight is 133 g/mol. The molecular formula is C5H9NO3. The van der Waals surface area contributed by atoms with Crippen molar-refractivity contribution in [2.45, 2.75) is 18.6 Å². The molecule has 0 bridgehead atoms. The van der Waals surface area contributed by atoms with E-state index in [1.54, 1.807) is 0 Å². The lowest BCUT2D eigenvalue weighted by Gasteiger charge is -1.99. The van der Waals surface area contributed by atoms with Crippen LogP contribution in [0.4, 0.5) is 0 Å². The van der Waals surface area contributed by atoms with Crippen molar-refractivity contribution >= 4 is 5.97 Å². The Morgan fingerprint density at radius 2 is 2.44 bits per heavy atom. The molecule has 52 valence electrons. The van der Waals surface area contributed by atoms with E-state index in [1.165, 1.54) is 0 Å². The average Bonchev–Trinajstić information content (AvgIpc) is 2.14. The van der Waals surface area contributed by atoms with E-state index in [4.69, 9.17) is 10.2 Å². The monoisotopic (exact) mass is 133 g/mol. The number of carboxylic acid groups (broad SMARTS) is 1. The summed E-state index contributed by atoms with van der Waals surface area (Å²) in [5.74, 6) is -0.883. The van der Waals surface area contributed by atoms with Crippen molar-refractivity contribution in [1.29, 1.82) is 0 Å². The molecule has 1 fully saturated rings. The van der Waals surface area contributed by atoms with Gasteiger partial charge in [0.25, 0.3) is 0 Å². The maximum absolute atomic E-state index is 10.2. The smallest absolute Gasteiger partial charge is 0.320 e. The van der Waals surface area contributed by atoms with Crippen LogP contribution >= 0.6 is 0 Å². The van der Waals surface area contributed by atoms with Gasteiger partial charge in [0.2, 0.25) is 0 Å². The summed E-state index contributed by atoms with van der Waals surface area (Å²) < 4.78 is 0. The Morgan fingerprint density at radius 1 is 1.78 bits per heavy atom. The minimum atomic E-state index is -0.883. The van der Waals surface area contributed by atoms with E-state index in [-0.39, 0.29) is 0 Å². The third kappa shape index (κ3) is 1.40. The van der Waals surface area contributed by atoms with E-state index in [0.717, 1.165) is 0 Å². The molecule has 9 heavy (non-hydrogen) atoms. The third-order valence-corrected chi connectivity index (χ3v) is 1.41. The summed E-state index contributed by atoms with van der Waals surface area (Å²) in [4.78, 5) is 10.2. The molecule has 0 unspecified atom stereocenters. The van der Waals surface area contributed by atoms with Gasteiger partial charge >= 0.3 is 5.97 Å². The van der Waals surface area contributed by atoms with E-state index in [0.29, 0.717) is 13.0 Å². The van der Waals surface area contributed by atoms with Crippen LogP contribution in [0, 0.1) is 0 Å². The Bertz CT molecular complexity index is 125. The van der Waals surface area contributed by atoms with Gasteiger partial charge in [-0.3, -0.25) is 4.79 Å². The summed E-state index contributed by atoms with van der Waals surface area (Å²) in [5.41, 5.74) is 0. The predicted octanol–water partition coefficient (Wildman–Crippen LogP) is -1.21. The van der Waals surface area contributed by atoms with Crippen LogP contribution in [0.3, 0.4) is 0 Å². The Hall–Kier alpha value is -0.610. The van der Waals surface area contributed by atoms with Crippen molar-refractivity contribution in [3.63, 3.8) is 0 Å². The maximum atomic E-state index is 10.2. The van der Waals surface area contributed by atoms with Gasteiger partial charge in [0, 0.05) is 13.0 Å². The van der Waals surface area contributed by atoms with Crippen LogP contribution < -0.4 is 5.32 Å². The first-order chi connectivity index (χ1) is 4.20. The number of carboxylic acids is 1. The van der Waals surface area contributed by atoms with Crippen LogP contribution in [0.1, 0.15) is 6.42 Å². The molecule has 0 saturated carbocycles. The Labute approximate surface area is 52.5 Å². The lowest BCUT2D eigenvalue weighted by Crippen LogP contribution is -2.29. The number of hydrogen-bond acceptors (Lipinski definition) is 3. The highest BCUT2D eigenvalue weighted by Crippen LogP contribution is 2.05. The fraction of sp³-hybridized carbons (Fsp3) is 0.800. The summed E-state index contributed by atoms with van der Waals surface area (Å²) in [6.07, 6.45) is -0.152. The van der Waals surface area contributed by atoms with Crippen molar-refractivity contribution in [2.24, 2.45) is 0 Å². The van der Waals surface area contributed by atoms with Gasteiger partial charge in [0.1, 0.15) is 6.04 Å². The summed E-state index contributed by atoms with van der Waals surface area (Å²) in [7, 11) is 0. The summed E-state index contributed by atoms with van der Waals surface area (Å²) in [6.45, 7) is 0.400. The van der Waals surface area contributed by atoms with Gasteiger partial charge in [0.15, 0.2) is 0 Å². The van der Waals surface area contributed by atoms with Crippen LogP contribution in [-0.2, 0) is 4.79 Å². The number of nitrogens with one attached hydrogen (secondary N) is 1. The topological polar surface area (TPSA) is 69.6 Å². The zero-order chi connectivity index (χ0) is 6.85. The Kier molecular flexibility index (Phi) is 1.68. The number of β-amino-alcohol motifs (C(OH)–C–C–N with tert-alkyl or cyclic N) is 1. The number of rotatable bonds is 1. The van der Waals surface area contributed by atoms with E-state index in [1.807, 2.05) is 0 Å². The molecule has 2 atom stereocenters. The molecule has 4 heteroatoms. The molecule has 1 rings (SSSR count). The number of aliphatic carboxylic acids is 1. The highest BCUT2D eigenvalue weighted by Gasteiger charge is 2.27. The van der Waals surface area contributed by atoms with Gasteiger partial charge in [-0.1, -0.05) is 0 Å². The highest BCUT2D eigenvalue weighted by molar-refractivity contribution is 5.73. The molecule has 1 aliphatic rings. The SMILES string of the molecule is O=C(O)[14C@@H]1C[C@@H](O)CN1. The molecule has 4 nitrogen and oxygen atoms in total. The first kappa shape index (κ1) is 6.51. The van der Waals surface area contributed by atoms with E-state index in [9.17, 15) is 4.79 Å². The van der Waals surface area contributed by atoms with Crippen LogP contribution in [0.2, 0.25) is 0 Å². The second-order valence-electron chi connectivity index (χ2n) is 2.19. The zero-order valence-electron chi connectivity index (χ0n) is 4.87. The largest absolute Gasteiger partial charge is 0.480 e. The molecule has 1 saturated heterocycles. The third-order valence-electron chi connectivity index (χ3n) is 1.41. The molecule has 0 aromatic rings. The van der Waals surface area contributed by atoms with Crippen molar-refractivity contribution in [2.75, 3.05) is 6.54 Å². The minimum Gasteiger partial charge on any atom is -0.480 e. The predicted molar refractivity (Wildman–Crippen MR) is 30.1 cm³/mol. The molecule has 0 aliphatic carbocycles. The molecule has 0 spiro atoms. The summed E-state index contributed by atoms with van der Waals surface area (Å²) in [6, 6.07) is -0.542. The van der Waals surface area contributed by atoms with Gasteiger partial charge in [-0.25, -0.2) is 0 Å². The molecule has 0 aromatic carbocycles. The molecule has 0 radical (unpaired) electrons. The lowest BCUT2D eigenvalue weighted by molar-refractivity contribution is -0.139. The van der Waals surface area contributed by atoms with Crippen LogP contribution in [0.5, 0.6) is 0 Å². The van der Waals surface area contributed by atoms with Gasteiger partial charge in [-0.2, -0.15) is 0 Å². The zero-order valence-corrected chi connectivity index (χ0v) is 4.87. The van der Waals surface area contributed by atoms with Gasteiger partial charge in [-0.05, 0) is 0 Å². The minimum absolute atomic E-state index is 0.329. The molecular weight excluding hydrogens is 124 g/mol. The summed E-state index contributed by atoms with van der Waals surface area (Å²) >= 11 is 0. The second kappa shape index (κ2) is 2.33. The van der Waals surface area contributed by atoms with Gasteiger partial charge < -0.3 is 15.5 Å². The van der Waals surface area contributed by atoms with E-state index in [2.05, 4.69) is 5.32 Å². The first-order valence-electron chi connectivity index (χ1n) is 2.84. The van der Waals surface area contributed by atoms with Crippen molar-refractivity contribution in [1.82, 2.24) is 5.32 Å². The van der Waals surface area contributed by atoms with Gasteiger partial charge in [0.05, 0.1) is 6.10 Å². The van der Waals surface area contributed by atoms with Crippen LogP contribution in [0.25, 0.3) is 0 Å². The molecule has 0 aromatic heterocycles. The first-order valence-corrected chi connectivity index (χ1v) is 2.84. The lowest BCUT2D eigenvalue weighted by atomic mass is 10.4. The van der Waals surface area contributed by atoms with Gasteiger partial charge in [-0.15, -0.1) is 0 Å². The van der Waals surface area contributed by atoms with E-state index < -0.39 is 18.1 Å². The van der Waals surface area contributed by atoms with Crippen LogP contribution in [0.15, 0.2) is 0 Å². The van der Waals surface area contributed by atoms with Crippen LogP contribution in [-0.4, -0.2) is 34.9 Å². The standard InChI is InChI=1S/C5H9NO3/c7-3-1-4(5(8)9)6-2-3/h3-4,6-7H,1-2H2,(H,8,9)/t3-,4+/m1/s1/i4+2. The Morgan fingerprint density at radius 3 is 2.67 bits per heavy atom. The number of carbonyl (C=O) groups is 1. The number of aliphatic hydroxyl groups is 1. The quantitative estimate of drug-likeness (QED) is 0.420. The summed E-state index contributed by atoms with van der Waals surface area (Å²) in [5, 5.41) is 19.8. The van der Waals surface area contributed by atoms with Crippen molar-refractivity contribution < 1.29 is 15.0 Å².